The number of benzene rings is 2. The minimum absolute atomic E-state index is 0.130. The molecule has 3 rings (SSSR count). The Morgan fingerprint density at radius 1 is 1.15 bits per heavy atom. The molecule has 1 heterocycles. The van der Waals surface area contributed by atoms with Crippen molar-refractivity contribution in [3.8, 4) is 0 Å². The summed E-state index contributed by atoms with van der Waals surface area (Å²) in [5.41, 5.74) is 2.38. The van der Waals surface area contributed by atoms with Crippen LogP contribution >= 0.6 is 0 Å². The number of amides is 2. The molecule has 6 heteroatoms. The molecule has 3 N–H and O–H groups in total. The molecule has 0 radical (unpaired) electrons. The lowest BCUT2D eigenvalue weighted by atomic mass is 10.1. The molecule has 2 unspecified atom stereocenters. The van der Waals surface area contributed by atoms with Crippen LogP contribution in [0.5, 0.6) is 0 Å². The molecule has 2 amide bonds. The quantitative estimate of drug-likeness (QED) is 0.733. The third-order valence-corrected chi connectivity index (χ3v) is 5.04. The number of nitrogens with zero attached hydrogens (tertiary/aromatic N) is 1. The maximum atomic E-state index is 12.2. The van der Waals surface area contributed by atoms with Crippen molar-refractivity contribution in [2.45, 2.75) is 32.0 Å². The van der Waals surface area contributed by atoms with Crippen molar-refractivity contribution in [3.63, 3.8) is 0 Å². The summed E-state index contributed by atoms with van der Waals surface area (Å²) in [6, 6.07) is 17.1. The van der Waals surface area contributed by atoms with E-state index in [1.54, 1.807) is 12.1 Å². The van der Waals surface area contributed by atoms with Gasteiger partial charge in [0.1, 0.15) is 0 Å². The predicted octanol–water partition coefficient (Wildman–Crippen LogP) is 3.02. The first-order chi connectivity index (χ1) is 13.0. The lowest BCUT2D eigenvalue weighted by molar-refractivity contribution is 0.0697. The Bertz CT molecular complexity index is 777. The fourth-order valence-electron chi connectivity index (χ4n) is 3.38. The maximum absolute atomic E-state index is 12.2. The van der Waals surface area contributed by atoms with Gasteiger partial charge in [0.2, 0.25) is 0 Å². The zero-order valence-electron chi connectivity index (χ0n) is 15.4. The fraction of sp³-hybridized carbons (Fsp3) is 0.333. The molecule has 0 bridgehead atoms. The number of carbonyl (C=O) groups is 2. The third kappa shape index (κ3) is 5.08. The Morgan fingerprint density at radius 3 is 2.52 bits per heavy atom. The van der Waals surface area contributed by atoms with Gasteiger partial charge < -0.3 is 15.7 Å². The van der Waals surface area contributed by atoms with E-state index < -0.39 is 5.97 Å². The number of carbonyl (C=O) groups excluding carboxylic acids is 1. The molecule has 1 aliphatic rings. The highest BCUT2D eigenvalue weighted by Gasteiger charge is 2.27. The molecule has 0 aromatic heterocycles. The predicted molar refractivity (Wildman–Crippen MR) is 104 cm³/mol. The number of hydrogen-bond acceptors (Lipinski definition) is 3. The Hall–Kier alpha value is -2.86. The van der Waals surface area contributed by atoms with Crippen LogP contribution in [0, 0.1) is 0 Å². The Morgan fingerprint density at radius 2 is 1.85 bits per heavy atom. The smallest absolute Gasteiger partial charge is 0.335 e. The van der Waals surface area contributed by atoms with Crippen LogP contribution in [-0.4, -0.2) is 41.1 Å². The summed E-state index contributed by atoms with van der Waals surface area (Å²) >= 11 is 0. The summed E-state index contributed by atoms with van der Waals surface area (Å²) in [6.07, 6.45) is 0.928. The highest BCUT2D eigenvalue weighted by atomic mass is 16.4. The number of rotatable bonds is 6. The number of likely N-dealkylation sites (tertiary alicyclic amines) is 1. The first-order valence-electron chi connectivity index (χ1n) is 9.18. The monoisotopic (exact) mass is 367 g/mol. The van der Waals surface area contributed by atoms with Crippen molar-refractivity contribution in [1.29, 1.82) is 0 Å². The van der Waals surface area contributed by atoms with E-state index in [0.717, 1.165) is 25.1 Å². The first kappa shape index (κ1) is 18.9. The van der Waals surface area contributed by atoms with Crippen molar-refractivity contribution in [2.24, 2.45) is 0 Å². The van der Waals surface area contributed by atoms with Gasteiger partial charge in [0.15, 0.2) is 0 Å². The van der Waals surface area contributed by atoms with Crippen molar-refractivity contribution in [3.05, 3.63) is 71.3 Å². The summed E-state index contributed by atoms with van der Waals surface area (Å²) in [4.78, 5) is 25.4. The number of carboxylic acid groups (broad SMARTS) is 1. The van der Waals surface area contributed by atoms with Crippen molar-refractivity contribution in [1.82, 2.24) is 15.5 Å². The average Bonchev–Trinajstić information content (AvgIpc) is 3.15. The molecule has 2 atom stereocenters. The average molecular weight is 367 g/mol. The Labute approximate surface area is 159 Å². The normalized spacial score (nSPS) is 18.0. The lowest BCUT2D eigenvalue weighted by Crippen LogP contribution is -2.43. The number of carboxylic acids is 1. The van der Waals surface area contributed by atoms with Crippen LogP contribution in [0.1, 0.15) is 40.9 Å². The molecule has 1 aliphatic heterocycles. The molecule has 1 fully saturated rings. The Kier molecular flexibility index (Phi) is 6.08. The molecule has 2 aromatic rings. The van der Waals surface area contributed by atoms with Gasteiger partial charge in [-0.15, -0.1) is 0 Å². The molecule has 0 saturated carbocycles. The van der Waals surface area contributed by atoms with E-state index in [2.05, 4.69) is 34.6 Å². The van der Waals surface area contributed by atoms with Gasteiger partial charge in [0, 0.05) is 31.7 Å². The second-order valence-electron chi connectivity index (χ2n) is 6.90. The van der Waals surface area contributed by atoms with Gasteiger partial charge in [-0.05, 0) is 36.6 Å². The van der Waals surface area contributed by atoms with Crippen LogP contribution < -0.4 is 10.6 Å². The summed E-state index contributed by atoms with van der Waals surface area (Å²) in [5, 5.41) is 14.8. The van der Waals surface area contributed by atoms with E-state index in [9.17, 15) is 9.59 Å². The van der Waals surface area contributed by atoms with Crippen LogP contribution in [0.15, 0.2) is 54.6 Å². The van der Waals surface area contributed by atoms with Crippen LogP contribution in [0.3, 0.4) is 0 Å². The highest BCUT2D eigenvalue weighted by Crippen LogP contribution is 2.24. The second kappa shape index (κ2) is 8.68. The molecule has 142 valence electrons. The number of nitrogens with one attached hydrogen (secondary N) is 2. The molecule has 6 nitrogen and oxygen atoms in total. The van der Waals surface area contributed by atoms with Crippen molar-refractivity contribution < 1.29 is 14.7 Å². The number of urea groups is 1. The molecule has 0 aliphatic carbocycles. The standard InChI is InChI=1S/C21H25N3O3/c1-15(17-5-3-2-4-6-17)24-12-11-19(14-24)23-21(27)22-13-16-7-9-18(10-8-16)20(25)26/h2-10,15,19H,11-14H2,1H3,(H,25,26)(H2,22,23,27). The second-order valence-corrected chi connectivity index (χ2v) is 6.90. The van der Waals surface area contributed by atoms with E-state index in [4.69, 9.17) is 5.11 Å². The van der Waals surface area contributed by atoms with E-state index in [1.165, 1.54) is 17.7 Å². The van der Waals surface area contributed by atoms with Crippen molar-refractivity contribution >= 4 is 12.0 Å². The minimum Gasteiger partial charge on any atom is -0.478 e. The van der Waals surface area contributed by atoms with Gasteiger partial charge in [0.25, 0.3) is 0 Å². The van der Waals surface area contributed by atoms with Crippen LogP contribution in [0.25, 0.3) is 0 Å². The van der Waals surface area contributed by atoms with Crippen LogP contribution in [0.4, 0.5) is 4.79 Å². The Balaban J connectivity index is 1.44. The SMILES string of the molecule is CC(c1ccccc1)N1CCC(NC(=O)NCc2ccc(C(=O)O)cc2)C1. The molecule has 0 spiro atoms. The third-order valence-electron chi connectivity index (χ3n) is 5.04. The topological polar surface area (TPSA) is 81.7 Å². The molecule has 27 heavy (non-hydrogen) atoms. The van der Waals surface area contributed by atoms with Gasteiger partial charge in [-0.2, -0.15) is 0 Å². The largest absolute Gasteiger partial charge is 0.478 e. The highest BCUT2D eigenvalue weighted by molar-refractivity contribution is 5.87. The van der Waals surface area contributed by atoms with Gasteiger partial charge in [-0.1, -0.05) is 42.5 Å². The van der Waals surface area contributed by atoms with Crippen LogP contribution in [0.2, 0.25) is 0 Å². The van der Waals surface area contributed by atoms with E-state index in [-0.39, 0.29) is 17.6 Å². The summed E-state index contributed by atoms with van der Waals surface area (Å²) in [7, 11) is 0. The lowest BCUT2D eigenvalue weighted by Gasteiger charge is -2.24. The minimum atomic E-state index is -0.956. The molecular formula is C21H25N3O3. The van der Waals surface area contributed by atoms with Crippen molar-refractivity contribution in [2.75, 3.05) is 13.1 Å². The molecule has 2 aromatic carbocycles. The number of aromatic carboxylic acids is 1. The van der Waals surface area contributed by atoms with Gasteiger partial charge in [-0.3, -0.25) is 4.90 Å². The molecular weight excluding hydrogens is 342 g/mol. The van der Waals surface area contributed by atoms with E-state index in [0.29, 0.717) is 12.6 Å². The molecule has 1 saturated heterocycles. The zero-order chi connectivity index (χ0) is 19.2. The summed E-state index contributed by atoms with van der Waals surface area (Å²) in [5.74, 6) is -0.956. The van der Waals surface area contributed by atoms with Crippen LogP contribution in [-0.2, 0) is 6.54 Å². The summed E-state index contributed by atoms with van der Waals surface area (Å²) < 4.78 is 0. The van der Waals surface area contributed by atoms with E-state index in [1.807, 2.05) is 18.2 Å². The maximum Gasteiger partial charge on any atom is 0.335 e. The van der Waals surface area contributed by atoms with Gasteiger partial charge in [0.05, 0.1) is 5.56 Å². The van der Waals surface area contributed by atoms with Gasteiger partial charge >= 0.3 is 12.0 Å². The fourth-order valence-corrected chi connectivity index (χ4v) is 3.38. The zero-order valence-corrected chi connectivity index (χ0v) is 15.4. The number of hydrogen-bond donors (Lipinski definition) is 3. The van der Waals surface area contributed by atoms with E-state index >= 15 is 0 Å². The first-order valence-corrected chi connectivity index (χ1v) is 9.18. The van der Waals surface area contributed by atoms with Gasteiger partial charge in [-0.25, -0.2) is 9.59 Å². The summed E-state index contributed by atoms with van der Waals surface area (Å²) in [6.45, 7) is 4.34.